The van der Waals surface area contributed by atoms with Crippen LogP contribution in [-0.4, -0.2) is 16.9 Å². The summed E-state index contributed by atoms with van der Waals surface area (Å²) in [6, 6.07) is 23.2. The number of rotatable bonds is 5. The molecule has 0 aliphatic heterocycles. The minimum absolute atomic E-state index is 0.102. The number of amides is 2. The number of anilines is 2. The average molecular weight is 544 g/mol. The highest BCUT2D eigenvalue weighted by Crippen LogP contribution is 2.27. The van der Waals surface area contributed by atoms with Crippen LogP contribution in [0.15, 0.2) is 87.7 Å². The van der Waals surface area contributed by atoms with Crippen molar-refractivity contribution in [2.75, 3.05) is 10.6 Å². The summed E-state index contributed by atoms with van der Waals surface area (Å²) in [4.78, 5) is 25.3. The summed E-state index contributed by atoms with van der Waals surface area (Å²) >= 11 is 11.5. The second-order valence-corrected chi connectivity index (χ2v) is 9.48. The molecule has 5 aromatic rings. The molecule has 3 N–H and O–H groups in total. The normalized spacial score (nSPS) is 10.8. The summed E-state index contributed by atoms with van der Waals surface area (Å²) < 4.78 is 11.3. The van der Waals surface area contributed by atoms with Gasteiger partial charge in [-0.25, -0.2) is 0 Å². The van der Waals surface area contributed by atoms with Crippen molar-refractivity contribution in [2.45, 2.75) is 13.8 Å². The Kier molecular flexibility index (Phi) is 7.00. The Hall–Kier alpha value is -4.40. The lowest BCUT2D eigenvalue weighted by molar-refractivity contribution is 0.0950. The molecule has 0 radical (unpaired) electrons. The number of thiocarbonyl (C=S) groups is 1. The second kappa shape index (κ2) is 10.5. The van der Waals surface area contributed by atoms with Crippen molar-refractivity contribution in [2.24, 2.45) is 0 Å². The molecule has 0 aliphatic rings. The first-order valence-electron chi connectivity index (χ1n) is 11.7. The molecule has 0 spiro atoms. The quantitative estimate of drug-likeness (QED) is 0.201. The Morgan fingerprint density at radius 2 is 1.61 bits per heavy atom. The van der Waals surface area contributed by atoms with E-state index in [4.69, 9.17) is 32.7 Å². The highest BCUT2D eigenvalue weighted by atomic mass is 35.5. The average Bonchev–Trinajstić information content (AvgIpc) is 3.55. The van der Waals surface area contributed by atoms with Crippen LogP contribution < -0.4 is 16.0 Å². The van der Waals surface area contributed by atoms with E-state index in [0.717, 1.165) is 22.1 Å². The number of aryl methyl sites for hydroxylation is 2. The van der Waals surface area contributed by atoms with Crippen molar-refractivity contribution < 1.29 is 18.4 Å². The molecule has 2 aromatic heterocycles. The van der Waals surface area contributed by atoms with Gasteiger partial charge in [-0.15, -0.1) is 0 Å². The van der Waals surface area contributed by atoms with Gasteiger partial charge in [-0.05, 0) is 85.7 Å². The van der Waals surface area contributed by atoms with Gasteiger partial charge >= 0.3 is 0 Å². The molecule has 0 saturated carbocycles. The van der Waals surface area contributed by atoms with Gasteiger partial charge in [0.05, 0.1) is 0 Å². The molecular formula is C29H22ClN3O4S. The molecule has 2 heterocycles. The number of furan rings is 2. The van der Waals surface area contributed by atoms with Gasteiger partial charge in [0.1, 0.15) is 11.3 Å². The number of hydrogen-bond acceptors (Lipinski definition) is 5. The smallest absolute Gasteiger partial charge is 0.293 e. The van der Waals surface area contributed by atoms with E-state index >= 15 is 0 Å². The summed E-state index contributed by atoms with van der Waals surface area (Å²) in [6.45, 7) is 3.76. The zero-order valence-corrected chi connectivity index (χ0v) is 22.0. The fourth-order valence-electron chi connectivity index (χ4n) is 3.85. The standard InChI is InChI=1S/C29H22ClN3O4S/c1-16-7-8-19(14-21(16)30)24-11-12-25(36-24)27(34)33-29(38)31-20-9-10-22(17(2)13-20)32-28(35)26-15-18-5-3-4-6-23(18)37-26/h3-15H,1-2H3,(H,32,35)(H2,31,33,34,38). The summed E-state index contributed by atoms with van der Waals surface area (Å²) in [5.74, 6) is 0.0210. The van der Waals surface area contributed by atoms with Crippen molar-refractivity contribution in [3.63, 3.8) is 0 Å². The van der Waals surface area contributed by atoms with Crippen LogP contribution in [0.2, 0.25) is 5.02 Å². The van der Waals surface area contributed by atoms with E-state index in [2.05, 4.69) is 16.0 Å². The van der Waals surface area contributed by atoms with E-state index < -0.39 is 5.91 Å². The van der Waals surface area contributed by atoms with Gasteiger partial charge in [0, 0.05) is 27.3 Å². The molecule has 190 valence electrons. The summed E-state index contributed by atoms with van der Waals surface area (Å²) in [7, 11) is 0. The van der Waals surface area contributed by atoms with Gasteiger partial charge in [-0.3, -0.25) is 14.9 Å². The van der Waals surface area contributed by atoms with Crippen LogP contribution in [0.4, 0.5) is 11.4 Å². The highest BCUT2D eigenvalue weighted by molar-refractivity contribution is 7.80. The van der Waals surface area contributed by atoms with Crippen molar-refractivity contribution in [3.05, 3.63) is 107 Å². The zero-order valence-electron chi connectivity index (χ0n) is 20.4. The number of carbonyl (C=O) groups is 2. The summed E-state index contributed by atoms with van der Waals surface area (Å²) in [5.41, 5.74) is 4.42. The van der Waals surface area contributed by atoms with Gasteiger partial charge in [0.25, 0.3) is 11.8 Å². The number of benzene rings is 3. The maximum Gasteiger partial charge on any atom is 0.293 e. The minimum atomic E-state index is -0.488. The van der Waals surface area contributed by atoms with E-state index in [1.165, 1.54) is 0 Å². The van der Waals surface area contributed by atoms with Crippen molar-refractivity contribution >= 4 is 63.1 Å². The summed E-state index contributed by atoms with van der Waals surface area (Å²) in [5, 5.41) is 10.0. The molecule has 0 unspecified atom stereocenters. The monoisotopic (exact) mass is 543 g/mol. The zero-order chi connectivity index (χ0) is 26.8. The second-order valence-electron chi connectivity index (χ2n) is 8.67. The molecule has 5 rings (SSSR count). The lowest BCUT2D eigenvalue weighted by Crippen LogP contribution is -2.33. The molecule has 3 aromatic carbocycles. The molecule has 0 bridgehead atoms. The Labute approximate surface area is 228 Å². The van der Waals surface area contributed by atoms with Crippen LogP contribution in [0, 0.1) is 13.8 Å². The van der Waals surface area contributed by atoms with Crippen LogP contribution >= 0.6 is 23.8 Å². The van der Waals surface area contributed by atoms with Crippen LogP contribution in [0.25, 0.3) is 22.3 Å². The number of carbonyl (C=O) groups excluding carboxylic acids is 2. The van der Waals surface area contributed by atoms with Crippen LogP contribution in [0.1, 0.15) is 32.2 Å². The SMILES string of the molecule is Cc1ccc(-c2ccc(C(=O)NC(=S)Nc3ccc(NC(=O)c4cc5ccccc5o4)c(C)c3)o2)cc1Cl. The third-order valence-electron chi connectivity index (χ3n) is 5.89. The van der Waals surface area contributed by atoms with Crippen LogP contribution in [0.5, 0.6) is 0 Å². The first-order chi connectivity index (χ1) is 18.3. The largest absolute Gasteiger partial charge is 0.451 e. The molecule has 2 amide bonds. The number of nitrogens with one attached hydrogen (secondary N) is 3. The maximum atomic E-state index is 12.7. The Morgan fingerprint density at radius 1 is 0.789 bits per heavy atom. The van der Waals surface area contributed by atoms with Gasteiger partial charge in [0.2, 0.25) is 0 Å². The van der Waals surface area contributed by atoms with E-state index in [9.17, 15) is 9.59 Å². The summed E-state index contributed by atoms with van der Waals surface area (Å²) in [6.07, 6.45) is 0. The molecular weight excluding hydrogens is 522 g/mol. The minimum Gasteiger partial charge on any atom is -0.451 e. The predicted molar refractivity (Wildman–Crippen MR) is 153 cm³/mol. The van der Waals surface area contributed by atoms with E-state index in [0.29, 0.717) is 27.7 Å². The maximum absolute atomic E-state index is 12.7. The Bertz CT molecular complexity index is 1670. The van der Waals surface area contributed by atoms with Crippen molar-refractivity contribution in [3.8, 4) is 11.3 Å². The number of halogens is 1. The van der Waals surface area contributed by atoms with Crippen molar-refractivity contribution in [1.82, 2.24) is 5.32 Å². The molecule has 38 heavy (non-hydrogen) atoms. The Morgan fingerprint density at radius 3 is 2.37 bits per heavy atom. The van der Waals surface area contributed by atoms with E-state index in [1.54, 1.807) is 42.5 Å². The molecule has 7 nitrogen and oxygen atoms in total. The molecule has 0 fully saturated rings. The van der Waals surface area contributed by atoms with Crippen molar-refractivity contribution in [1.29, 1.82) is 0 Å². The number of hydrogen-bond donors (Lipinski definition) is 3. The fraction of sp³-hybridized carbons (Fsp3) is 0.0690. The van der Waals surface area contributed by atoms with E-state index in [1.807, 2.05) is 50.2 Å². The predicted octanol–water partition coefficient (Wildman–Crippen LogP) is 7.34. The van der Waals surface area contributed by atoms with Gasteiger partial charge in [0.15, 0.2) is 16.6 Å². The third-order valence-corrected chi connectivity index (χ3v) is 6.51. The van der Waals surface area contributed by atoms with Gasteiger partial charge in [-0.2, -0.15) is 0 Å². The van der Waals surface area contributed by atoms with Crippen LogP contribution in [-0.2, 0) is 0 Å². The third kappa shape index (κ3) is 5.46. The first kappa shape index (κ1) is 25.3. The van der Waals surface area contributed by atoms with Gasteiger partial charge in [-0.1, -0.05) is 41.9 Å². The highest BCUT2D eigenvalue weighted by Gasteiger charge is 2.16. The number of para-hydroxylation sites is 1. The lowest BCUT2D eigenvalue weighted by Gasteiger charge is -2.12. The van der Waals surface area contributed by atoms with E-state index in [-0.39, 0.29) is 22.5 Å². The molecule has 9 heteroatoms. The molecule has 0 saturated heterocycles. The first-order valence-corrected chi connectivity index (χ1v) is 12.4. The van der Waals surface area contributed by atoms with Crippen LogP contribution in [0.3, 0.4) is 0 Å². The molecule has 0 aliphatic carbocycles. The number of fused-ring (bicyclic) bond motifs is 1. The Balaban J connectivity index is 1.20. The molecule has 0 atom stereocenters. The topological polar surface area (TPSA) is 96.5 Å². The lowest BCUT2D eigenvalue weighted by atomic mass is 10.1. The van der Waals surface area contributed by atoms with Gasteiger partial charge < -0.3 is 19.5 Å². The fourth-order valence-corrected chi connectivity index (χ4v) is 4.24.